The predicted molar refractivity (Wildman–Crippen MR) is 113 cm³/mol. The summed E-state index contributed by atoms with van der Waals surface area (Å²) in [6.07, 6.45) is 1.89. The first kappa shape index (κ1) is 21.6. The van der Waals surface area contributed by atoms with Crippen molar-refractivity contribution in [1.82, 2.24) is 4.90 Å². The minimum atomic E-state index is -0.500. The molecule has 0 bridgehead atoms. The Morgan fingerprint density at radius 2 is 1.86 bits per heavy atom. The van der Waals surface area contributed by atoms with Gasteiger partial charge in [-0.1, -0.05) is 29.3 Å². The molecule has 0 aromatic heterocycles. The van der Waals surface area contributed by atoms with Crippen LogP contribution < -0.4 is 10.6 Å². The molecule has 0 aliphatic carbocycles. The van der Waals surface area contributed by atoms with Gasteiger partial charge in [-0.15, -0.1) is 0 Å². The highest BCUT2D eigenvalue weighted by atomic mass is 35.5. The van der Waals surface area contributed by atoms with E-state index in [-0.39, 0.29) is 31.5 Å². The minimum Gasteiger partial charge on any atom is -0.370 e. The Kier molecular flexibility index (Phi) is 7.11. The zero-order valence-electron chi connectivity index (χ0n) is 15.8. The van der Waals surface area contributed by atoms with Gasteiger partial charge in [-0.3, -0.25) is 14.5 Å². The molecule has 0 unspecified atom stereocenters. The van der Waals surface area contributed by atoms with Crippen LogP contribution in [0, 0.1) is 5.82 Å². The van der Waals surface area contributed by atoms with Crippen LogP contribution >= 0.6 is 23.2 Å². The van der Waals surface area contributed by atoms with Crippen molar-refractivity contribution in [1.29, 1.82) is 0 Å². The SMILES string of the molecule is NC(=O)CCN(C(=O)CN1CCC[C@H]1c1ccc(Cl)c(Cl)c1)c1ccc(F)cc1. The van der Waals surface area contributed by atoms with E-state index in [1.165, 1.54) is 29.2 Å². The highest BCUT2D eigenvalue weighted by Crippen LogP contribution is 2.35. The van der Waals surface area contributed by atoms with Gasteiger partial charge in [0.25, 0.3) is 0 Å². The molecule has 0 spiro atoms. The van der Waals surface area contributed by atoms with E-state index in [9.17, 15) is 14.0 Å². The van der Waals surface area contributed by atoms with Crippen LogP contribution in [0.3, 0.4) is 0 Å². The standard InChI is InChI=1S/C21H22Cl2FN3O2/c22-17-8-3-14(12-18(17)23)19-2-1-10-26(19)13-21(29)27(11-9-20(25)28)16-6-4-15(24)5-7-16/h3-8,12,19H,1-2,9-11,13H2,(H2,25,28)/t19-/m0/s1. The number of anilines is 1. The topological polar surface area (TPSA) is 66.6 Å². The fraction of sp³-hybridized carbons (Fsp3) is 0.333. The molecule has 2 amide bonds. The van der Waals surface area contributed by atoms with Crippen LogP contribution in [0.1, 0.15) is 30.9 Å². The molecule has 2 aromatic carbocycles. The number of rotatable bonds is 7. The molecule has 2 N–H and O–H groups in total. The monoisotopic (exact) mass is 437 g/mol. The third-order valence-corrected chi connectivity index (χ3v) is 5.79. The second-order valence-electron chi connectivity index (χ2n) is 7.04. The van der Waals surface area contributed by atoms with Crippen LogP contribution in [-0.4, -0.2) is 36.3 Å². The van der Waals surface area contributed by atoms with Crippen LogP contribution in [0.2, 0.25) is 10.0 Å². The van der Waals surface area contributed by atoms with Gasteiger partial charge in [0.2, 0.25) is 11.8 Å². The largest absolute Gasteiger partial charge is 0.370 e. The van der Waals surface area contributed by atoms with Gasteiger partial charge in [0.1, 0.15) is 5.82 Å². The molecule has 1 saturated heterocycles. The zero-order valence-corrected chi connectivity index (χ0v) is 17.3. The summed E-state index contributed by atoms with van der Waals surface area (Å²) < 4.78 is 13.3. The number of halogens is 3. The van der Waals surface area contributed by atoms with Crippen molar-refractivity contribution >= 4 is 40.7 Å². The predicted octanol–water partition coefficient (Wildman–Crippen LogP) is 4.18. The Morgan fingerprint density at radius 1 is 1.14 bits per heavy atom. The number of primary amides is 1. The molecule has 1 aliphatic heterocycles. The van der Waals surface area contributed by atoms with Gasteiger partial charge in [0, 0.05) is 24.7 Å². The van der Waals surface area contributed by atoms with Crippen molar-refractivity contribution in [2.24, 2.45) is 5.73 Å². The van der Waals surface area contributed by atoms with Crippen LogP contribution in [0.5, 0.6) is 0 Å². The minimum absolute atomic E-state index is 0.0271. The molecular weight excluding hydrogens is 416 g/mol. The molecule has 0 saturated carbocycles. The summed E-state index contributed by atoms with van der Waals surface area (Å²) in [5, 5.41) is 0.974. The summed E-state index contributed by atoms with van der Waals surface area (Å²) in [4.78, 5) is 27.9. The molecule has 29 heavy (non-hydrogen) atoms. The molecular formula is C21H22Cl2FN3O2. The van der Waals surface area contributed by atoms with Gasteiger partial charge in [-0.2, -0.15) is 0 Å². The third-order valence-electron chi connectivity index (χ3n) is 5.05. The van der Waals surface area contributed by atoms with Crippen molar-refractivity contribution in [2.75, 3.05) is 24.5 Å². The van der Waals surface area contributed by atoms with Crippen LogP contribution in [0.25, 0.3) is 0 Å². The van der Waals surface area contributed by atoms with Crippen molar-refractivity contribution < 1.29 is 14.0 Å². The molecule has 8 heteroatoms. The molecule has 1 fully saturated rings. The fourth-order valence-corrected chi connectivity index (χ4v) is 3.92. The van der Waals surface area contributed by atoms with Gasteiger partial charge in [-0.05, 0) is 61.3 Å². The zero-order chi connectivity index (χ0) is 21.0. The Bertz CT molecular complexity index is 892. The summed E-state index contributed by atoms with van der Waals surface area (Å²) in [6.45, 7) is 1.08. The second kappa shape index (κ2) is 9.57. The van der Waals surface area contributed by atoms with Crippen LogP contribution in [0.15, 0.2) is 42.5 Å². The van der Waals surface area contributed by atoms with E-state index in [1.54, 1.807) is 6.07 Å². The summed E-state index contributed by atoms with van der Waals surface area (Å²) in [7, 11) is 0. The Morgan fingerprint density at radius 3 is 2.52 bits per heavy atom. The smallest absolute Gasteiger partial charge is 0.241 e. The average molecular weight is 438 g/mol. The quantitative estimate of drug-likeness (QED) is 0.706. The van der Waals surface area contributed by atoms with Gasteiger partial charge in [-0.25, -0.2) is 4.39 Å². The lowest BCUT2D eigenvalue weighted by atomic mass is 10.0. The van der Waals surface area contributed by atoms with E-state index in [2.05, 4.69) is 4.90 Å². The van der Waals surface area contributed by atoms with Crippen LogP contribution in [-0.2, 0) is 9.59 Å². The molecule has 1 atom stereocenters. The molecule has 1 aliphatic rings. The third kappa shape index (κ3) is 5.47. The number of hydrogen-bond donors (Lipinski definition) is 1. The number of nitrogens with two attached hydrogens (primary N) is 1. The molecule has 0 radical (unpaired) electrons. The van der Waals surface area contributed by atoms with Crippen molar-refractivity contribution in [3.63, 3.8) is 0 Å². The Labute approximate surface area is 179 Å². The number of hydrogen-bond acceptors (Lipinski definition) is 3. The average Bonchev–Trinajstić information content (AvgIpc) is 3.13. The highest BCUT2D eigenvalue weighted by Gasteiger charge is 2.30. The van der Waals surface area contributed by atoms with E-state index < -0.39 is 11.7 Å². The summed E-state index contributed by atoms with van der Waals surface area (Å²) in [5.74, 6) is -1.07. The van der Waals surface area contributed by atoms with Gasteiger partial charge in [0.15, 0.2) is 0 Å². The Balaban J connectivity index is 1.77. The maximum absolute atomic E-state index is 13.3. The summed E-state index contributed by atoms with van der Waals surface area (Å²) in [6, 6.07) is 11.2. The lowest BCUT2D eigenvalue weighted by Crippen LogP contribution is -2.41. The van der Waals surface area contributed by atoms with E-state index in [0.717, 1.165) is 24.9 Å². The first-order valence-corrected chi connectivity index (χ1v) is 10.1. The highest BCUT2D eigenvalue weighted by molar-refractivity contribution is 6.42. The molecule has 154 valence electrons. The van der Waals surface area contributed by atoms with Crippen LogP contribution in [0.4, 0.5) is 10.1 Å². The lowest BCUT2D eigenvalue weighted by Gasteiger charge is -2.29. The summed E-state index contributed by atoms with van der Waals surface area (Å²) in [5.41, 5.74) is 6.80. The van der Waals surface area contributed by atoms with E-state index in [0.29, 0.717) is 15.7 Å². The molecule has 2 aromatic rings. The van der Waals surface area contributed by atoms with E-state index in [4.69, 9.17) is 28.9 Å². The van der Waals surface area contributed by atoms with Gasteiger partial charge >= 0.3 is 0 Å². The van der Waals surface area contributed by atoms with Gasteiger partial charge < -0.3 is 10.6 Å². The van der Waals surface area contributed by atoms with Crippen molar-refractivity contribution in [3.05, 3.63) is 63.9 Å². The fourth-order valence-electron chi connectivity index (χ4n) is 3.61. The lowest BCUT2D eigenvalue weighted by molar-refractivity contribution is -0.120. The van der Waals surface area contributed by atoms with Crippen molar-refractivity contribution in [2.45, 2.75) is 25.3 Å². The maximum atomic E-state index is 13.3. The normalized spacial score (nSPS) is 16.7. The number of carbonyl (C=O) groups is 2. The van der Waals surface area contributed by atoms with Crippen molar-refractivity contribution in [3.8, 4) is 0 Å². The maximum Gasteiger partial charge on any atom is 0.241 e. The summed E-state index contributed by atoms with van der Waals surface area (Å²) >= 11 is 12.2. The number of benzene rings is 2. The molecule has 5 nitrogen and oxygen atoms in total. The first-order valence-electron chi connectivity index (χ1n) is 9.38. The number of nitrogens with zero attached hydrogens (tertiary/aromatic N) is 2. The number of amides is 2. The molecule has 1 heterocycles. The number of carbonyl (C=O) groups excluding carboxylic acids is 2. The number of likely N-dealkylation sites (tertiary alicyclic amines) is 1. The second-order valence-corrected chi connectivity index (χ2v) is 7.85. The first-order chi connectivity index (χ1) is 13.8. The van der Waals surface area contributed by atoms with E-state index in [1.807, 2.05) is 12.1 Å². The van der Waals surface area contributed by atoms with E-state index >= 15 is 0 Å². The van der Waals surface area contributed by atoms with Gasteiger partial charge in [0.05, 0.1) is 16.6 Å². The molecule has 3 rings (SSSR count). The Hall–Kier alpha value is -2.15.